The lowest BCUT2D eigenvalue weighted by Crippen LogP contribution is -2.55. The normalized spacial score (nSPS) is 29.6. The van der Waals surface area contributed by atoms with Gasteiger partial charge in [0.05, 0.1) is 23.8 Å². The molecule has 6 heteroatoms. The third-order valence-electron chi connectivity index (χ3n) is 5.66. The zero-order valence-corrected chi connectivity index (χ0v) is 14.6. The van der Waals surface area contributed by atoms with Crippen LogP contribution < -0.4 is 0 Å². The summed E-state index contributed by atoms with van der Waals surface area (Å²) < 4.78 is 11.7. The summed E-state index contributed by atoms with van der Waals surface area (Å²) in [5.74, 6) is -0.339. The lowest BCUT2D eigenvalue weighted by molar-refractivity contribution is -0.135. The number of carbonyl (C=O) groups is 2. The molecule has 25 heavy (non-hydrogen) atoms. The van der Waals surface area contributed by atoms with Gasteiger partial charge in [-0.3, -0.25) is 19.4 Å². The van der Waals surface area contributed by atoms with Crippen LogP contribution in [0.15, 0.2) is 24.3 Å². The van der Waals surface area contributed by atoms with Crippen molar-refractivity contribution in [2.75, 3.05) is 39.4 Å². The van der Waals surface area contributed by atoms with Crippen LogP contribution in [-0.4, -0.2) is 72.7 Å². The van der Waals surface area contributed by atoms with E-state index in [9.17, 15) is 9.59 Å². The molecule has 1 aromatic rings. The maximum atomic E-state index is 12.4. The van der Waals surface area contributed by atoms with Crippen LogP contribution in [0.5, 0.6) is 0 Å². The van der Waals surface area contributed by atoms with Gasteiger partial charge in [0.1, 0.15) is 5.60 Å². The lowest BCUT2D eigenvalue weighted by atomic mass is 9.94. The number of amides is 2. The van der Waals surface area contributed by atoms with Gasteiger partial charge in [-0.25, -0.2) is 0 Å². The molecule has 2 saturated heterocycles. The SMILES string of the molecule is C[C@@H]1OCC[C@]12CN(CCCN1C(=O)c3ccccc3C1=O)CCO2. The summed E-state index contributed by atoms with van der Waals surface area (Å²) in [5, 5.41) is 0. The molecule has 0 aliphatic carbocycles. The van der Waals surface area contributed by atoms with E-state index in [1.807, 2.05) is 0 Å². The van der Waals surface area contributed by atoms with Crippen molar-refractivity contribution in [2.24, 2.45) is 0 Å². The van der Waals surface area contributed by atoms with E-state index in [1.54, 1.807) is 24.3 Å². The Kier molecular flexibility index (Phi) is 4.35. The molecule has 0 saturated carbocycles. The molecule has 134 valence electrons. The maximum Gasteiger partial charge on any atom is 0.261 e. The topological polar surface area (TPSA) is 59.1 Å². The van der Waals surface area contributed by atoms with E-state index in [1.165, 1.54) is 4.90 Å². The van der Waals surface area contributed by atoms with Gasteiger partial charge in [0.25, 0.3) is 11.8 Å². The number of morpholine rings is 1. The summed E-state index contributed by atoms with van der Waals surface area (Å²) in [5.41, 5.74) is 0.859. The molecule has 4 rings (SSSR count). The van der Waals surface area contributed by atoms with Crippen molar-refractivity contribution in [1.82, 2.24) is 9.80 Å². The number of hydrogen-bond acceptors (Lipinski definition) is 5. The van der Waals surface area contributed by atoms with Gasteiger partial charge in [-0.2, -0.15) is 0 Å². The van der Waals surface area contributed by atoms with Crippen LogP contribution in [-0.2, 0) is 9.47 Å². The highest BCUT2D eigenvalue weighted by molar-refractivity contribution is 6.21. The van der Waals surface area contributed by atoms with Crippen LogP contribution in [0.3, 0.4) is 0 Å². The number of carbonyl (C=O) groups excluding carboxylic acids is 2. The quantitative estimate of drug-likeness (QED) is 0.776. The van der Waals surface area contributed by atoms with E-state index in [-0.39, 0.29) is 23.5 Å². The fourth-order valence-electron chi connectivity index (χ4n) is 4.13. The molecule has 1 aromatic carbocycles. The Bertz CT molecular complexity index is 657. The molecule has 0 radical (unpaired) electrons. The minimum atomic E-state index is -0.187. The van der Waals surface area contributed by atoms with E-state index >= 15 is 0 Å². The summed E-state index contributed by atoms with van der Waals surface area (Å²) >= 11 is 0. The molecule has 0 N–H and O–H groups in total. The lowest BCUT2D eigenvalue weighted by Gasteiger charge is -2.42. The predicted molar refractivity (Wildman–Crippen MR) is 91.6 cm³/mol. The number of ether oxygens (including phenoxy) is 2. The molecule has 1 spiro atoms. The Morgan fingerprint density at radius 1 is 1.12 bits per heavy atom. The average molecular weight is 344 g/mol. The Balaban J connectivity index is 1.33. The third kappa shape index (κ3) is 2.88. The van der Waals surface area contributed by atoms with Crippen molar-refractivity contribution in [3.63, 3.8) is 0 Å². The van der Waals surface area contributed by atoms with Gasteiger partial charge in [0.15, 0.2) is 0 Å². The van der Waals surface area contributed by atoms with E-state index in [2.05, 4.69) is 11.8 Å². The summed E-state index contributed by atoms with van der Waals surface area (Å²) in [6, 6.07) is 7.04. The fourth-order valence-corrected chi connectivity index (χ4v) is 4.13. The minimum Gasteiger partial charge on any atom is -0.375 e. The van der Waals surface area contributed by atoms with E-state index in [0.717, 1.165) is 39.1 Å². The van der Waals surface area contributed by atoms with Crippen LogP contribution in [0, 0.1) is 0 Å². The van der Waals surface area contributed by atoms with Gasteiger partial charge in [0, 0.05) is 39.2 Å². The van der Waals surface area contributed by atoms with Gasteiger partial charge in [-0.05, 0) is 25.5 Å². The number of fused-ring (bicyclic) bond motifs is 1. The number of hydrogen-bond donors (Lipinski definition) is 0. The highest BCUT2D eigenvalue weighted by atomic mass is 16.6. The van der Waals surface area contributed by atoms with Crippen LogP contribution >= 0.6 is 0 Å². The average Bonchev–Trinajstić information content (AvgIpc) is 3.08. The van der Waals surface area contributed by atoms with Crippen molar-refractivity contribution in [1.29, 1.82) is 0 Å². The Hall–Kier alpha value is -1.76. The van der Waals surface area contributed by atoms with Crippen molar-refractivity contribution in [2.45, 2.75) is 31.5 Å². The van der Waals surface area contributed by atoms with Crippen LogP contribution in [0.2, 0.25) is 0 Å². The first-order valence-corrected chi connectivity index (χ1v) is 9.04. The predicted octanol–water partition coefficient (Wildman–Crippen LogP) is 1.55. The molecular weight excluding hydrogens is 320 g/mol. The second-order valence-corrected chi connectivity index (χ2v) is 7.11. The van der Waals surface area contributed by atoms with Gasteiger partial charge >= 0.3 is 0 Å². The molecule has 0 bridgehead atoms. The largest absolute Gasteiger partial charge is 0.375 e. The first-order chi connectivity index (χ1) is 12.1. The Morgan fingerprint density at radius 2 is 1.84 bits per heavy atom. The van der Waals surface area contributed by atoms with Crippen molar-refractivity contribution in [3.05, 3.63) is 35.4 Å². The zero-order chi connectivity index (χ0) is 17.4. The highest BCUT2D eigenvalue weighted by Gasteiger charge is 2.45. The van der Waals surface area contributed by atoms with E-state index in [4.69, 9.17) is 9.47 Å². The van der Waals surface area contributed by atoms with E-state index in [0.29, 0.717) is 24.3 Å². The summed E-state index contributed by atoms with van der Waals surface area (Å²) in [6.45, 7) is 6.60. The molecule has 2 atom stereocenters. The maximum absolute atomic E-state index is 12.4. The molecule has 3 heterocycles. The molecule has 6 nitrogen and oxygen atoms in total. The van der Waals surface area contributed by atoms with E-state index < -0.39 is 0 Å². The Morgan fingerprint density at radius 3 is 2.48 bits per heavy atom. The van der Waals surface area contributed by atoms with Gasteiger partial charge in [-0.1, -0.05) is 12.1 Å². The number of rotatable bonds is 4. The fraction of sp³-hybridized carbons (Fsp3) is 0.579. The smallest absolute Gasteiger partial charge is 0.261 e. The van der Waals surface area contributed by atoms with Crippen molar-refractivity contribution >= 4 is 11.8 Å². The highest BCUT2D eigenvalue weighted by Crippen LogP contribution is 2.33. The first-order valence-electron chi connectivity index (χ1n) is 9.04. The molecular formula is C19H24N2O4. The first kappa shape index (κ1) is 16.7. The molecule has 2 fully saturated rings. The molecule has 0 unspecified atom stereocenters. The third-order valence-corrected chi connectivity index (χ3v) is 5.66. The second-order valence-electron chi connectivity index (χ2n) is 7.11. The van der Waals surface area contributed by atoms with Crippen molar-refractivity contribution < 1.29 is 19.1 Å². The van der Waals surface area contributed by atoms with Crippen LogP contribution in [0.4, 0.5) is 0 Å². The van der Waals surface area contributed by atoms with Gasteiger partial charge in [-0.15, -0.1) is 0 Å². The molecule has 3 aliphatic rings. The standard InChI is InChI=1S/C19H24N2O4/c1-14-19(7-11-24-14)13-20(10-12-25-19)8-4-9-21-17(22)15-5-2-3-6-16(15)18(21)23/h2-3,5-6,14H,4,7-13H2,1H3/t14-,19-/m0/s1. The Labute approximate surface area is 147 Å². The van der Waals surface area contributed by atoms with Crippen LogP contribution in [0.25, 0.3) is 0 Å². The van der Waals surface area contributed by atoms with Gasteiger partial charge < -0.3 is 9.47 Å². The van der Waals surface area contributed by atoms with Gasteiger partial charge in [0.2, 0.25) is 0 Å². The molecule has 0 aromatic heterocycles. The monoisotopic (exact) mass is 344 g/mol. The number of nitrogens with zero attached hydrogens (tertiary/aromatic N) is 2. The summed E-state index contributed by atoms with van der Waals surface area (Å²) in [4.78, 5) is 28.5. The van der Waals surface area contributed by atoms with Crippen molar-refractivity contribution in [3.8, 4) is 0 Å². The number of imide groups is 1. The summed E-state index contributed by atoms with van der Waals surface area (Å²) in [6.07, 6.45) is 1.83. The number of benzene rings is 1. The second kappa shape index (κ2) is 6.52. The minimum absolute atomic E-state index is 0.117. The van der Waals surface area contributed by atoms with Crippen LogP contribution in [0.1, 0.15) is 40.5 Å². The summed E-state index contributed by atoms with van der Waals surface area (Å²) in [7, 11) is 0. The molecule has 2 amide bonds. The zero-order valence-electron chi connectivity index (χ0n) is 14.6. The molecule has 3 aliphatic heterocycles.